The highest BCUT2D eigenvalue weighted by atomic mass is 35.5. The minimum Gasteiger partial charge on any atom is -0.391 e. The number of carbonyl (C=O) groups is 2. The van der Waals surface area contributed by atoms with Crippen LogP contribution < -0.4 is 0 Å². The summed E-state index contributed by atoms with van der Waals surface area (Å²) in [6.45, 7) is 4.23. The van der Waals surface area contributed by atoms with Gasteiger partial charge in [0, 0.05) is 0 Å². The number of unbranched alkanes of at least 4 members (excludes halogenated alkanes) is 6. The third kappa shape index (κ3) is 11.0. The fraction of sp³-hybridized carbons (Fsp3) is 0.875. The van der Waals surface area contributed by atoms with Gasteiger partial charge in [0.1, 0.15) is 10.8 Å². The van der Waals surface area contributed by atoms with Crippen LogP contribution in [0.5, 0.6) is 0 Å². The molecule has 0 fully saturated rings. The lowest BCUT2D eigenvalue weighted by Gasteiger charge is -2.11. The van der Waals surface area contributed by atoms with E-state index in [1.54, 1.807) is 0 Å². The minimum atomic E-state index is -0.755. The molecule has 0 heterocycles. The molecule has 2 atom stereocenters. The number of halogens is 2. The van der Waals surface area contributed by atoms with Crippen molar-refractivity contribution in [3.05, 3.63) is 0 Å². The summed E-state index contributed by atoms with van der Waals surface area (Å²) in [4.78, 5) is 23.3. The van der Waals surface area contributed by atoms with Gasteiger partial charge in [0.25, 0.3) is 0 Å². The summed E-state index contributed by atoms with van der Waals surface area (Å²) in [6.07, 6.45) is 9.39. The number of carbonyl (C=O) groups excluding carboxylic acids is 2. The third-order valence-electron chi connectivity index (χ3n) is 3.33. The molecule has 0 aliphatic carbocycles. The van der Waals surface area contributed by atoms with E-state index in [9.17, 15) is 9.59 Å². The Morgan fingerprint density at radius 3 is 1.48 bits per heavy atom. The lowest BCUT2D eigenvalue weighted by Crippen LogP contribution is -2.26. The summed E-state index contributed by atoms with van der Waals surface area (Å²) in [6, 6.07) is 0. The number of alkyl halides is 2. The first kappa shape index (κ1) is 20.7. The fourth-order valence-corrected chi connectivity index (χ4v) is 2.36. The second kappa shape index (κ2) is 13.4. The van der Waals surface area contributed by atoms with Crippen LogP contribution in [0.1, 0.15) is 78.1 Å². The summed E-state index contributed by atoms with van der Waals surface area (Å²) in [5, 5.41) is -1.51. The van der Waals surface area contributed by atoms with Crippen LogP contribution in [0, 0.1) is 0 Å². The monoisotopic (exact) mass is 338 g/mol. The quantitative estimate of drug-likeness (QED) is 0.212. The van der Waals surface area contributed by atoms with Crippen LogP contribution in [0.15, 0.2) is 0 Å². The standard InChI is InChI=1S/C16H28Cl2O3/c1-3-5-7-9-11-13(17)15(19)21-16(20)14(18)12-10-8-6-4-2/h13-14H,3-12H2,1-2H3. The van der Waals surface area contributed by atoms with Crippen molar-refractivity contribution in [3.8, 4) is 0 Å². The van der Waals surface area contributed by atoms with Crippen molar-refractivity contribution < 1.29 is 14.3 Å². The van der Waals surface area contributed by atoms with Crippen LogP contribution in [0.4, 0.5) is 0 Å². The minimum absolute atomic E-state index is 0.539. The van der Waals surface area contributed by atoms with Gasteiger partial charge in [-0.2, -0.15) is 0 Å². The Hall–Kier alpha value is -0.280. The van der Waals surface area contributed by atoms with E-state index in [1.165, 1.54) is 0 Å². The molecule has 3 nitrogen and oxygen atoms in total. The molecule has 0 aromatic carbocycles. The van der Waals surface area contributed by atoms with Crippen LogP contribution in [0.3, 0.4) is 0 Å². The molecule has 0 saturated heterocycles. The normalized spacial score (nSPS) is 13.7. The number of hydrogen-bond donors (Lipinski definition) is 0. The van der Waals surface area contributed by atoms with Gasteiger partial charge in [-0.25, -0.2) is 9.59 Å². The lowest BCUT2D eigenvalue weighted by atomic mass is 10.1. The molecule has 2 unspecified atom stereocenters. The van der Waals surface area contributed by atoms with Crippen molar-refractivity contribution >= 4 is 35.1 Å². The van der Waals surface area contributed by atoms with Crippen LogP contribution in [-0.2, 0) is 14.3 Å². The molecular weight excluding hydrogens is 311 g/mol. The molecule has 0 aliphatic rings. The second-order valence-electron chi connectivity index (χ2n) is 5.37. The van der Waals surface area contributed by atoms with E-state index in [0.29, 0.717) is 12.8 Å². The molecule has 5 heteroatoms. The highest BCUT2D eigenvalue weighted by molar-refractivity contribution is 6.33. The zero-order chi connectivity index (χ0) is 16.1. The Bertz CT molecular complexity index is 267. The molecule has 0 bridgehead atoms. The SMILES string of the molecule is CCCCCCC(Cl)C(=O)OC(=O)C(Cl)CCCCCC. The van der Waals surface area contributed by atoms with Gasteiger partial charge in [0.2, 0.25) is 0 Å². The largest absolute Gasteiger partial charge is 0.391 e. The number of hydrogen-bond acceptors (Lipinski definition) is 3. The number of ether oxygens (including phenoxy) is 1. The van der Waals surface area contributed by atoms with E-state index in [0.717, 1.165) is 51.4 Å². The van der Waals surface area contributed by atoms with Crippen LogP contribution in [0.25, 0.3) is 0 Å². The van der Waals surface area contributed by atoms with E-state index >= 15 is 0 Å². The van der Waals surface area contributed by atoms with E-state index < -0.39 is 22.7 Å². The Balaban J connectivity index is 3.87. The van der Waals surface area contributed by atoms with Gasteiger partial charge in [-0.15, -0.1) is 23.2 Å². The van der Waals surface area contributed by atoms with Crippen molar-refractivity contribution in [2.45, 2.75) is 88.8 Å². The Labute approximate surface area is 138 Å². The van der Waals surface area contributed by atoms with Crippen LogP contribution in [-0.4, -0.2) is 22.7 Å². The third-order valence-corrected chi connectivity index (χ3v) is 4.13. The molecule has 0 radical (unpaired) electrons. The first-order chi connectivity index (χ1) is 10.0. The molecule has 0 aliphatic heterocycles. The Morgan fingerprint density at radius 2 is 1.14 bits per heavy atom. The maximum atomic E-state index is 11.7. The van der Waals surface area contributed by atoms with E-state index in [2.05, 4.69) is 13.8 Å². The molecule has 0 saturated carbocycles. The van der Waals surface area contributed by atoms with E-state index in [-0.39, 0.29) is 0 Å². The molecule has 0 amide bonds. The van der Waals surface area contributed by atoms with Crippen molar-refractivity contribution in [3.63, 3.8) is 0 Å². The predicted octanol–water partition coefficient (Wildman–Crippen LogP) is 5.21. The zero-order valence-electron chi connectivity index (χ0n) is 13.2. The first-order valence-corrected chi connectivity index (χ1v) is 8.93. The van der Waals surface area contributed by atoms with Gasteiger partial charge in [0.15, 0.2) is 0 Å². The van der Waals surface area contributed by atoms with Gasteiger partial charge < -0.3 is 4.74 Å². The number of rotatable bonds is 12. The Kier molecular flexibility index (Phi) is 13.2. The molecule has 0 aromatic rings. The van der Waals surface area contributed by atoms with Gasteiger partial charge in [-0.05, 0) is 12.8 Å². The molecule has 0 rings (SSSR count). The smallest absolute Gasteiger partial charge is 0.331 e. The van der Waals surface area contributed by atoms with Gasteiger partial charge in [-0.3, -0.25) is 0 Å². The summed E-state index contributed by atoms with van der Waals surface area (Å²) in [7, 11) is 0. The fourth-order valence-electron chi connectivity index (χ4n) is 1.96. The van der Waals surface area contributed by atoms with Gasteiger partial charge in [-0.1, -0.05) is 65.2 Å². The lowest BCUT2D eigenvalue weighted by molar-refractivity contribution is -0.159. The first-order valence-electron chi connectivity index (χ1n) is 8.06. The van der Waals surface area contributed by atoms with Gasteiger partial charge >= 0.3 is 11.9 Å². The van der Waals surface area contributed by atoms with Gasteiger partial charge in [0.05, 0.1) is 0 Å². The highest BCUT2D eigenvalue weighted by Gasteiger charge is 2.24. The van der Waals surface area contributed by atoms with Crippen molar-refractivity contribution in [2.24, 2.45) is 0 Å². The van der Waals surface area contributed by atoms with Crippen molar-refractivity contribution in [1.82, 2.24) is 0 Å². The molecule has 21 heavy (non-hydrogen) atoms. The predicted molar refractivity (Wildman–Crippen MR) is 87.9 cm³/mol. The zero-order valence-corrected chi connectivity index (χ0v) is 14.7. The highest BCUT2D eigenvalue weighted by Crippen LogP contribution is 2.15. The average Bonchev–Trinajstić information content (AvgIpc) is 2.47. The van der Waals surface area contributed by atoms with Crippen molar-refractivity contribution in [2.75, 3.05) is 0 Å². The van der Waals surface area contributed by atoms with E-state index in [4.69, 9.17) is 27.9 Å². The Morgan fingerprint density at radius 1 is 0.762 bits per heavy atom. The molecule has 0 spiro atoms. The summed E-state index contributed by atoms with van der Waals surface area (Å²) in [5.41, 5.74) is 0. The van der Waals surface area contributed by atoms with Crippen LogP contribution in [0.2, 0.25) is 0 Å². The summed E-state index contributed by atoms with van der Waals surface area (Å²) < 4.78 is 4.75. The summed E-state index contributed by atoms with van der Waals surface area (Å²) >= 11 is 11.9. The van der Waals surface area contributed by atoms with Crippen molar-refractivity contribution in [1.29, 1.82) is 0 Å². The molecule has 0 N–H and O–H groups in total. The molecular formula is C16H28Cl2O3. The topological polar surface area (TPSA) is 43.4 Å². The molecule has 124 valence electrons. The maximum absolute atomic E-state index is 11.7. The second-order valence-corrected chi connectivity index (χ2v) is 6.43. The number of esters is 2. The maximum Gasteiger partial charge on any atom is 0.331 e. The molecule has 0 aromatic heterocycles. The average molecular weight is 339 g/mol. The summed E-state index contributed by atoms with van der Waals surface area (Å²) in [5.74, 6) is -1.34. The van der Waals surface area contributed by atoms with Crippen LogP contribution >= 0.6 is 23.2 Å². The van der Waals surface area contributed by atoms with E-state index in [1.807, 2.05) is 0 Å².